The Morgan fingerprint density at radius 2 is 1.95 bits per heavy atom. The third-order valence-electron chi connectivity index (χ3n) is 2.36. The first-order chi connectivity index (χ1) is 8.53. The lowest BCUT2D eigenvalue weighted by atomic mass is 10.2. The largest absolute Gasteiger partial charge is 0.398 e. The SMILES string of the molecule is Cc1c(N)cc(Cl)cc1S(=O)(=O)NCCC(F)(F)F. The van der Waals surface area contributed by atoms with Gasteiger partial charge in [0.15, 0.2) is 0 Å². The third kappa shape index (κ3) is 4.55. The first-order valence-corrected chi connectivity index (χ1v) is 7.01. The zero-order valence-electron chi connectivity index (χ0n) is 9.88. The minimum absolute atomic E-state index is 0.0966. The monoisotopic (exact) mass is 316 g/mol. The van der Waals surface area contributed by atoms with E-state index in [0.29, 0.717) is 0 Å². The number of sulfonamides is 1. The molecule has 0 unspecified atom stereocenters. The van der Waals surface area contributed by atoms with Gasteiger partial charge >= 0.3 is 6.18 Å². The van der Waals surface area contributed by atoms with E-state index < -0.39 is 29.2 Å². The summed E-state index contributed by atoms with van der Waals surface area (Å²) < 4.78 is 61.5. The van der Waals surface area contributed by atoms with Gasteiger partial charge in [0.25, 0.3) is 0 Å². The predicted octanol–water partition coefficient (Wildman–Crippen LogP) is 2.46. The topological polar surface area (TPSA) is 72.2 Å². The normalized spacial score (nSPS) is 12.7. The van der Waals surface area contributed by atoms with Gasteiger partial charge in [-0.3, -0.25) is 0 Å². The second-order valence-electron chi connectivity index (χ2n) is 3.88. The molecule has 0 saturated heterocycles. The molecule has 0 aliphatic heterocycles. The van der Waals surface area contributed by atoms with Crippen molar-refractivity contribution in [2.75, 3.05) is 12.3 Å². The summed E-state index contributed by atoms with van der Waals surface area (Å²) in [6, 6.07) is 2.51. The van der Waals surface area contributed by atoms with Crippen molar-refractivity contribution in [2.24, 2.45) is 0 Å². The first-order valence-electron chi connectivity index (χ1n) is 5.15. The van der Waals surface area contributed by atoms with E-state index in [1.165, 1.54) is 13.0 Å². The van der Waals surface area contributed by atoms with Gasteiger partial charge in [-0.05, 0) is 24.6 Å². The number of rotatable bonds is 4. The summed E-state index contributed by atoms with van der Waals surface area (Å²) >= 11 is 5.68. The summed E-state index contributed by atoms with van der Waals surface area (Å²) in [5.41, 5.74) is 5.96. The Morgan fingerprint density at radius 3 is 2.47 bits per heavy atom. The lowest BCUT2D eigenvalue weighted by molar-refractivity contribution is -0.132. The Hall–Kier alpha value is -0.990. The molecule has 0 radical (unpaired) electrons. The number of alkyl halides is 3. The van der Waals surface area contributed by atoms with Crippen molar-refractivity contribution in [3.63, 3.8) is 0 Å². The minimum atomic E-state index is -4.43. The van der Waals surface area contributed by atoms with Crippen LogP contribution in [0.25, 0.3) is 0 Å². The van der Waals surface area contributed by atoms with Crippen LogP contribution in [0.4, 0.5) is 18.9 Å². The van der Waals surface area contributed by atoms with Crippen LogP contribution >= 0.6 is 11.6 Å². The van der Waals surface area contributed by atoms with Gasteiger partial charge in [0, 0.05) is 17.3 Å². The van der Waals surface area contributed by atoms with E-state index in [9.17, 15) is 21.6 Å². The number of hydrogen-bond acceptors (Lipinski definition) is 3. The molecule has 1 aromatic rings. The van der Waals surface area contributed by atoms with Crippen LogP contribution in [0.1, 0.15) is 12.0 Å². The molecule has 3 N–H and O–H groups in total. The number of halogens is 4. The molecule has 1 aromatic carbocycles. The molecule has 9 heteroatoms. The van der Waals surface area contributed by atoms with E-state index in [1.807, 2.05) is 4.72 Å². The molecule has 0 atom stereocenters. The standard InChI is InChI=1S/C10H12ClF3N2O2S/c1-6-8(15)4-7(11)5-9(6)19(17,18)16-3-2-10(12,13)14/h4-5,16H,2-3,15H2,1H3. The van der Waals surface area contributed by atoms with E-state index in [-0.39, 0.29) is 21.2 Å². The fourth-order valence-electron chi connectivity index (χ4n) is 1.36. The molecule has 0 aliphatic rings. The maximum atomic E-state index is 12.0. The van der Waals surface area contributed by atoms with Crippen molar-refractivity contribution in [3.8, 4) is 0 Å². The molecule has 0 bridgehead atoms. The van der Waals surface area contributed by atoms with E-state index in [0.717, 1.165) is 6.07 Å². The average molecular weight is 317 g/mol. The second-order valence-corrected chi connectivity index (χ2v) is 6.05. The molecule has 19 heavy (non-hydrogen) atoms. The highest BCUT2D eigenvalue weighted by Crippen LogP contribution is 2.26. The number of hydrogen-bond donors (Lipinski definition) is 2. The van der Waals surface area contributed by atoms with E-state index >= 15 is 0 Å². The predicted molar refractivity (Wildman–Crippen MR) is 66.5 cm³/mol. The summed E-state index contributed by atoms with van der Waals surface area (Å²) in [4.78, 5) is -0.223. The highest BCUT2D eigenvalue weighted by Gasteiger charge is 2.28. The Morgan fingerprint density at radius 1 is 1.37 bits per heavy atom. The van der Waals surface area contributed by atoms with E-state index in [4.69, 9.17) is 17.3 Å². The Balaban J connectivity index is 2.95. The third-order valence-corrected chi connectivity index (χ3v) is 4.16. The molecule has 0 aliphatic carbocycles. The van der Waals surface area contributed by atoms with Crippen LogP contribution in [-0.4, -0.2) is 21.1 Å². The van der Waals surface area contributed by atoms with Crippen molar-refractivity contribution < 1.29 is 21.6 Å². The van der Waals surface area contributed by atoms with Crippen LogP contribution in [0.5, 0.6) is 0 Å². The average Bonchev–Trinajstić information content (AvgIpc) is 2.20. The van der Waals surface area contributed by atoms with Crippen molar-refractivity contribution in [2.45, 2.75) is 24.4 Å². The van der Waals surface area contributed by atoms with E-state index in [1.54, 1.807) is 0 Å². The van der Waals surface area contributed by atoms with Crippen molar-refractivity contribution >= 4 is 27.3 Å². The van der Waals surface area contributed by atoms with Gasteiger partial charge in [0.1, 0.15) is 0 Å². The molecule has 108 valence electrons. The highest BCUT2D eigenvalue weighted by atomic mass is 35.5. The first kappa shape index (κ1) is 16.1. The number of nitrogen functional groups attached to an aromatic ring is 1. The Labute approximate surface area is 113 Å². The van der Waals surface area contributed by atoms with Crippen LogP contribution in [0, 0.1) is 6.92 Å². The van der Waals surface area contributed by atoms with Gasteiger partial charge in [0.05, 0.1) is 11.3 Å². The maximum absolute atomic E-state index is 12.0. The molecule has 0 heterocycles. The fraction of sp³-hybridized carbons (Fsp3) is 0.400. The van der Waals surface area contributed by atoms with Gasteiger partial charge in [-0.15, -0.1) is 0 Å². The van der Waals surface area contributed by atoms with Crippen LogP contribution in [-0.2, 0) is 10.0 Å². The second kappa shape index (κ2) is 5.56. The van der Waals surface area contributed by atoms with Gasteiger partial charge in [-0.25, -0.2) is 13.1 Å². The lowest BCUT2D eigenvalue weighted by Crippen LogP contribution is -2.28. The summed E-state index contributed by atoms with van der Waals surface area (Å²) in [6.07, 6.45) is -5.67. The molecule has 0 saturated carbocycles. The molecular formula is C10H12ClF3N2O2S. The summed E-state index contributed by atoms with van der Waals surface area (Å²) in [5, 5.41) is 0.0966. The summed E-state index contributed by atoms with van der Waals surface area (Å²) in [7, 11) is -4.07. The van der Waals surface area contributed by atoms with Crippen molar-refractivity contribution in [3.05, 3.63) is 22.7 Å². The number of nitrogens with one attached hydrogen (secondary N) is 1. The number of nitrogens with two attached hydrogens (primary N) is 1. The molecular weight excluding hydrogens is 305 g/mol. The van der Waals surface area contributed by atoms with Gasteiger partial charge in [-0.2, -0.15) is 13.2 Å². The van der Waals surface area contributed by atoms with E-state index in [2.05, 4.69) is 0 Å². The molecule has 0 amide bonds. The van der Waals surface area contributed by atoms with Crippen LogP contribution in [0.3, 0.4) is 0 Å². The minimum Gasteiger partial charge on any atom is -0.398 e. The fourth-order valence-corrected chi connectivity index (χ4v) is 2.98. The quantitative estimate of drug-likeness (QED) is 0.838. The lowest BCUT2D eigenvalue weighted by Gasteiger charge is -2.12. The zero-order chi connectivity index (χ0) is 14.8. The maximum Gasteiger partial charge on any atom is 0.390 e. The zero-order valence-corrected chi connectivity index (χ0v) is 11.5. The van der Waals surface area contributed by atoms with Crippen molar-refractivity contribution in [1.82, 2.24) is 4.72 Å². The molecule has 1 rings (SSSR count). The van der Waals surface area contributed by atoms with Crippen LogP contribution in [0.2, 0.25) is 5.02 Å². The van der Waals surface area contributed by atoms with Crippen LogP contribution in [0.15, 0.2) is 17.0 Å². The van der Waals surface area contributed by atoms with Crippen LogP contribution < -0.4 is 10.5 Å². The highest BCUT2D eigenvalue weighted by molar-refractivity contribution is 7.89. The van der Waals surface area contributed by atoms with Crippen molar-refractivity contribution in [1.29, 1.82) is 0 Å². The molecule has 0 fully saturated rings. The summed E-state index contributed by atoms with van der Waals surface area (Å²) in [5.74, 6) is 0. The summed E-state index contributed by atoms with van der Waals surface area (Å²) in [6.45, 7) is 0.710. The number of benzene rings is 1. The molecule has 4 nitrogen and oxygen atoms in total. The van der Waals surface area contributed by atoms with Gasteiger partial charge in [-0.1, -0.05) is 11.6 Å². The smallest absolute Gasteiger partial charge is 0.390 e. The van der Waals surface area contributed by atoms with Gasteiger partial charge in [0.2, 0.25) is 10.0 Å². The number of anilines is 1. The Bertz CT molecular complexity index is 573. The molecule has 0 aromatic heterocycles. The Kier molecular flexibility index (Phi) is 4.70. The molecule has 0 spiro atoms. The van der Waals surface area contributed by atoms with Gasteiger partial charge < -0.3 is 5.73 Å².